The summed E-state index contributed by atoms with van der Waals surface area (Å²) >= 11 is 1.58. The number of nitrogens with zero attached hydrogens (tertiary/aromatic N) is 1. The number of hydrogen-bond donors (Lipinski definition) is 0. The molecule has 0 radical (unpaired) electrons. The van der Waals surface area contributed by atoms with Gasteiger partial charge in [0.05, 0.1) is 15.9 Å². The van der Waals surface area contributed by atoms with E-state index in [1.54, 1.807) is 30.2 Å². The van der Waals surface area contributed by atoms with Gasteiger partial charge in [0.25, 0.3) is 0 Å². The highest BCUT2D eigenvalue weighted by Gasteiger charge is 2.35. The monoisotopic (exact) mass is 383 g/mol. The summed E-state index contributed by atoms with van der Waals surface area (Å²) in [7, 11) is -3.29. The fourth-order valence-electron chi connectivity index (χ4n) is 2.93. The van der Waals surface area contributed by atoms with Crippen molar-refractivity contribution in [3.63, 3.8) is 0 Å². The molecular formula is C20H17NO3S2. The van der Waals surface area contributed by atoms with E-state index in [4.69, 9.17) is 4.74 Å². The molecule has 26 heavy (non-hydrogen) atoms. The Hall–Kier alpha value is -2.31. The van der Waals surface area contributed by atoms with Crippen molar-refractivity contribution >= 4 is 21.6 Å². The standard InChI is InChI=1S/C20H17NO3S2/c22-26(23)14-19(25-17-6-2-1-3-7-17)18-9-8-16(11-20(18)26)24-13-15-5-4-10-21-12-15/h1-12,19H,13-14H2. The van der Waals surface area contributed by atoms with E-state index in [-0.39, 0.29) is 11.0 Å². The third-order valence-electron chi connectivity index (χ3n) is 4.19. The fraction of sp³-hybridized carbons (Fsp3) is 0.150. The molecule has 132 valence electrons. The number of pyridine rings is 1. The van der Waals surface area contributed by atoms with Crippen LogP contribution in [0.1, 0.15) is 16.4 Å². The first-order chi connectivity index (χ1) is 12.6. The molecular weight excluding hydrogens is 366 g/mol. The zero-order chi connectivity index (χ0) is 18.0. The predicted molar refractivity (Wildman–Crippen MR) is 102 cm³/mol. The Morgan fingerprint density at radius 2 is 1.92 bits per heavy atom. The number of hydrogen-bond acceptors (Lipinski definition) is 5. The van der Waals surface area contributed by atoms with E-state index in [9.17, 15) is 8.42 Å². The van der Waals surface area contributed by atoms with Crippen molar-refractivity contribution in [2.75, 3.05) is 5.75 Å². The highest BCUT2D eigenvalue weighted by molar-refractivity contribution is 8.01. The Morgan fingerprint density at radius 1 is 1.08 bits per heavy atom. The molecule has 6 heteroatoms. The van der Waals surface area contributed by atoms with Gasteiger partial charge in [-0.2, -0.15) is 0 Å². The van der Waals surface area contributed by atoms with Gasteiger partial charge in [0.2, 0.25) is 0 Å². The average molecular weight is 383 g/mol. The Bertz CT molecular complexity index is 1010. The van der Waals surface area contributed by atoms with Crippen molar-refractivity contribution in [3.8, 4) is 5.75 Å². The third kappa shape index (κ3) is 3.61. The summed E-state index contributed by atoms with van der Waals surface area (Å²) in [6.07, 6.45) is 3.44. The van der Waals surface area contributed by atoms with Gasteiger partial charge in [-0.1, -0.05) is 30.3 Å². The van der Waals surface area contributed by atoms with E-state index in [0.717, 1.165) is 16.0 Å². The molecule has 0 fully saturated rings. The van der Waals surface area contributed by atoms with Gasteiger partial charge in [-0.3, -0.25) is 4.98 Å². The molecule has 4 nitrogen and oxygen atoms in total. The molecule has 1 unspecified atom stereocenters. The molecule has 1 aromatic heterocycles. The Labute approximate surface area is 157 Å². The van der Waals surface area contributed by atoms with Crippen LogP contribution < -0.4 is 4.74 Å². The minimum Gasteiger partial charge on any atom is -0.489 e. The minimum atomic E-state index is -3.29. The van der Waals surface area contributed by atoms with E-state index < -0.39 is 9.84 Å². The number of fused-ring (bicyclic) bond motifs is 1. The molecule has 3 aromatic rings. The normalized spacial score (nSPS) is 17.6. The van der Waals surface area contributed by atoms with Gasteiger partial charge < -0.3 is 4.74 Å². The molecule has 2 aromatic carbocycles. The van der Waals surface area contributed by atoms with E-state index in [0.29, 0.717) is 17.3 Å². The molecule has 0 spiro atoms. The summed E-state index contributed by atoms with van der Waals surface area (Å²) in [5.41, 5.74) is 1.79. The largest absolute Gasteiger partial charge is 0.489 e. The Balaban J connectivity index is 1.56. The van der Waals surface area contributed by atoms with Gasteiger partial charge in [0.15, 0.2) is 9.84 Å². The maximum atomic E-state index is 12.6. The molecule has 0 bridgehead atoms. The number of aromatic nitrogens is 1. The van der Waals surface area contributed by atoms with Gasteiger partial charge in [0.1, 0.15) is 12.4 Å². The lowest BCUT2D eigenvalue weighted by atomic mass is 10.1. The summed E-state index contributed by atoms with van der Waals surface area (Å²) in [6, 6.07) is 19.0. The van der Waals surface area contributed by atoms with Crippen LogP contribution in [0.25, 0.3) is 0 Å². The van der Waals surface area contributed by atoms with Crippen LogP contribution in [0.15, 0.2) is 82.8 Å². The number of rotatable bonds is 5. The van der Waals surface area contributed by atoms with Crippen molar-refractivity contribution in [2.45, 2.75) is 21.6 Å². The maximum Gasteiger partial charge on any atom is 0.180 e. The smallest absolute Gasteiger partial charge is 0.180 e. The van der Waals surface area contributed by atoms with Crippen LogP contribution in [-0.2, 0) is 16.4 Å². The van der Waals surface area contributed by atoms with Crippen LogP contribution in [0.4, 0.5) is 0 Å². The second kappa shape index (κ2) is 7.13. The summed E-state index contributed by atoms with van der Waals surface area (Å²) < 4.78 is 31.0. The van der Waals surface area contributed by atoms with E-state index in [1.165, 1.54) is 0 Å². The molecule has 0 saturated carbocycles. The molecule has 2 heterocycles. The molecule has 0 amide bonds. The predicted octanol–water partition coefficient (Wildman–Crippen LogP) is 4.28. The van der Waals surface area contributed by atoms with Gasteiger partial charge >= 0.3 is 0 Å². The van der Waals surface area contributed by atoms with Gasteiger partial charge in [-0.25, -0.2) is 8.42 Å². The van der Waals surface area contributed by atoms with Crippen molar-refractivity contribution in [3.05, 3.63) is 84.2 Å². The molecule has 1 aliphatic rings. The SMILES string of the molecule is O=S1(=O)CC(Sc2ccccc2)c2ccc(OCc3cccnc3)cc21. The van der Waals surface area contributed by atoms with Gasteiger partial charge in [0, 0.05) is 22.9 Å². The van der Waals surface area contributed by atoms with Crippen LogP contribution in [0.2, 0.25) is 0 Å². The van der Waals surface area contributed by atoms with Crippen LogP contribution in [-0.4, -0.2) is 19.2 Å². The third-order valence-corrected chi connectivity index (χ3v) is 7.44. The van der Waals surface area contributed by atoms with E-state index in [1.807, 2.05) is 54.6 Å². The first-order valence-electron chi connectivity index (χ1n) is 8.22. The highest BCUT2D eigenvalue weighted by Crippen LogP contribution is 2.45. The van der Waals surface area contributed by atoms with Crippen LogP contribution in [0.5, 0.6) is 5.75 Å². The molecule has 0 N–H and O–H groups in total. The van der Waals surface area contributed by atoms with Crippen molar-refractivity contribution in [1.82, 2.24) is 4.98 Å². The highest BCUT2D eigenvalue weighted by atomic mass is 32.2. The molecule has 1 atom stereocenters. The lowest BCUT2D eigenvalue weighted by Crippen LogP contribution is -2.01. The number of ether oxygens (including phenoxy) is 1. The maximum absolute atomic E-state index is 12.6. The van der Waals surface area contributed by atoms with Crippen LogP contribution in [0, 0.1) is 0 Å². The Kier molecular flexibility index (Phi) is 4.70. The molecule has 4 rings (SSSR count). The topological polar surface area (TPSA) is 56.3 Å². The quantitative estimate of drug-likeness (QED) is 0.658. The second-order valence-corrected chi connectivity index (χ2v) is 9.33. The minimum absolute atomic E-state index is 0.0928. The summed E-state index contributed by atoms with van der Waals surface area (Å²) in [6.45, 7) is 0.356. The zero-order valence-electron chi connectivity index (χ0n) is 13.9. The lowest BCUT2D eigenvalue weighted by Gasteiger charge is -2.11. The first kappa shape index (κ1) is 17.1. The van der Waals surface area contributed by atoms with E-state index in [2.05, 4.69) is 4.98 Å². The second-order valence-electron chi connectivity index (χ2n) is 6.05. The van der Waals surface area contributed by atoms with Crippen molar-refractivity contribution in [2.24, 2.45) is 0 Å². The molecule has 0 aliphatic carbocycles. The number of sulfone groups is 1. The van der Waals surface area contributed by atoms with Crippen molar-refractivity contribution in [1.29, 1.82) is 0 Å². The summed E-state index contributed by atoms with van der Waals surface area (Å²) in [4.78, 5) is 5.50. The Morgan fingerprint density at radius 3 is 2.69 bits per heavy atom. The average Bonchev–Trinajstić information content (AvgIpc) is 2.91. The van der Waals surface area contributed by atoms with Gasteiger partial charge in [-0.15, -0.1) is 11.8 Å². The van der Waals surface area contributed by atoms with Gasteiger partial charge in [-0.05, 0) is 35.9 Å². The zero-order valence-corrected chi connectivity index (χ0v) is 15.5. The lowest BCUT2D eigenvalue weighted by molar-refractivity contribution is 0.305. The molecule has 1 aliphatic heterocycles. The van der Waals surface area contributed by atoms with E-state index >= 15 is 0 Å². The fourth-order valence-corrected chi connectivity index (χ4v) is 6.41. The number of thioether (sulfide) groups is 1. The van der Waals surface area contributed by atoms with Crippen molar-refractivity contribution < 1.29 is 13.2 Å². The summed E-state index contributed by atoms with van der Waals surface area (Å²) in [5, 5.41) is -0.0928. The summed E-state index contributed by atoms with van der Waals surface area (Å²) in [5.74, 6) is 0.676. The number of benzene rings is 2. The van der Waals surface area contributed by atoms with Crippen LogP contribution >= 0.6 is 11.8 Å². The van der Waals surface area contributed by atoms with Crippen LogP contribution in [0.3, 0.4) is 0 Å². The molecule has 0 saturated heterocycles. The first-order valence-corrected chi connectivity index (χ1v) is 10.8.